The van der Waals surface area contributed by atoms with Gasteiger partial charge in [-0.2, -0.15) is 0 Å². The van der Waals surface area contributed by atoms with Gasteiger partial charge in [0.05, 0.1) is 0 Å². The van der Waals surface area contributed by atoms with Crippen LogP contribution in [0.3, 0.4) is 0 Å². The van der Waals surface area contributed by atoms with Crippen LogP contribution >= 0.6 is 0 Å². The topological polar surface area (TPSA) is 66.4 Å². The zero-order chi connectivity index (χ0) is 16.1. The number of carbonyl (C=O) groups excluding carboxylic acids is 1. The number of benzene rings is 2. The van der Waals surface area contributed by atoms with Gasteiger partial charge < -0.3 is 10.4 Å². The number of carbonyl (C=O) groups is 2. The van der Waals surface area contributed by atoms with Gasteiger partial charge in [-0.25, -0.2) is 4.79 Å². The van der Waals surface area contributed by atoms with E-state index in [1.807, 2.05) is 50.2 Å². The summed E-state index contributed by atoms with van der Waals surface area (Å²) in [6.45, 7) is 4.07. The SMILES string of the molecule is CC(C)CCC(=O)NC(C(=O)O)c1ccc2ccccc2c1. The van der Waals surface area contributed by atoms with Gasteiger partial charge in [0.1, 0.15) is 0 Å². The molecular weight excluding hydrogens is 278 g/mol. The Bertz CT molecular complexity index is 679. The Morgan fingerprint density at radius 1 is 1.09 bits per heavy atom. The predicted octanol–water partition coefficient (Wildman–Crippen LogP) is 3.52. The van der Waals surface area contributed by atoms with Crippen molar-refractivity contribution in [1.29, 1.82) is 0 Å². The molecule has 2 aromatic carbocycles. The number of nitrogens with one attached hydrogen (secondary N) is 1. The second-order valence-electron chi connectivity index (χ2n) is 5.88. The zero-order valence-corrected chi connectivity index (χ0v) is 12.9. The normalized spacial score (nSPS) is 12.3. The Hall–Kier alpha value is -2.36. The van der Waals surface area contributed by atoms with Gasteiger partial charge in [-0.1, -0.05) is 50.2 Å². The van der Waals surface area contributed by atoms with Gasteiger partial charge in [-0.15, -0.1) is 0 Å². The highest BCUT2D eigenvalue weighted by atomic mass is 16.4. The van der Waals surface area contributed by atoms with E-state index in [2.05, 4.69) is 5.32 Å². The number of carboxylic acid groups (broad SMARTS) is 1. The quantitative estimate of drug-likeness (QED) is 0.857. The van der Waals surface area contributed by atoms with E-state index in [0.717, 1.165) is 17.2 Å². The number of hydrogen-bond donors (Lipinski definition) is 2. The molecule has 0 fully saturated rings. The van der Waals surface area contributed by atoms with Gasteiger partial charge in [-0.3, -0.25) is 4.79 Å². The largest absolute Gasteiger partial charge is 0.479 e. The predicted molar refractivity (Wildman–Crippen MR) is 86.5 cm³/mol. The molecule has 1 amide bonds. The summed E-state index contributed by atoms with van der Waals surface area (Å²) >= 11 is 0. The van der Waals surface area contributed by atoms with Crippen LogP contribution in [0.5, 0.6) is 0 Å². The molecule has 0 saturated carbocycles. The number of carboxylic acids is 1. The van der Waals surface area contributed by atoms with Crippen LogP contribution < -0.4 is 5.32 Å². The van der Waals surface area contributed by atoms with Crippen molar-refractivity contribution in [2.75, 3.05) is 0 Å². The van der Waals surface area contributed by atoms with Gasteiger partial charge in [0.15, 0.2) is 6.04 Å². The van der Waals surface area contributed by atoms with Gasteiger partial charge in [0.2, 0.25) is 5.91 Å². The maximum absolute atomic E-state index is 11.9. The molecule has 116 valence electrons. The fourth-order valence-electron chi connectivity index (χ4n) is 2.33. The lowest BCUT2D eigenvalue weighted by Gasteiger charge is -2.16. The molecule has 0 saturated heterocycles. The summed E-state index contributed by atoms with van der Waals surface area (Å²) in [5.74, 6) is -0.864. The van der Waals surface area contributed by atoms with Crippen molar-refractivity contribution in [3.63, 3.8) is 0 Å². The lowest BCUT2D eigenvalue weighted by atomic mass is 10.0. The molecule has 4 heteroatoms. The minimum Gasteiger partial charge on any atom is -0.479 e. The summed E-state index contributed by atoms with van der Waals surface area (Å²) < 4.78 is 0. The summed E-state index contributed by atoms with van der Waals surface area (Å²) in [6.07, 6.45) is 1.09. The van der Waals surface area contributed by atoms with Crippen molar-refractivity contribution < 1.29 is 14.7 Å². The van der Waals surface area contributed by atoms with E-state index in [-0.39, 0.29) is 5.91 Å². The Morgan fingerprint density at radius 3 is 2.41 bits per heavy atom. The second kappa shape index (κ2) is 7.07. The lowest BCUT2D eigenvalue weighted by molar-refractivity contribution is -0.142. The third-order valence-corrected chi connectivity index (χ3v) is 3.61. The first-order valence-corrected chi connectivity index (χ1v) is 7.48. The second-order valence-corrected chi connectivity index (χ2v) is 5.88. The summed E-state index contributed by atoms with van der Waals surface area (Å²) in [6, 6.07) is 12.2. The molecule has 0 aromatic heterocycles. The van der Waals surface area contributed by atoms with Crippen molar-refractivity contribution in [1.82, 2.24) is 5.32 Å². The van der Waals surface area contributed by atoms with Crippen LogP contribution in [0.1, 0.15) is 38.3 Å². The molecule has 0 heterocycles. The average molecular weight is 299 g/mol. The van der Waals surface area contributed by atoms with Crippen LogP contribution in [0.25, 0.3) is 10.8 Å². The molecule has 22 heavy (non-hydrogen) atoms. The van der Waals surface area contributed by atoms with E-state index >= 15 is 0 Å². The average Bonchev–Trinajstić information content (AvgIpc) is 2.49. The van der Waals surface area contributed by atoms with Crippen molar-refractivity contribution in [2.45, 2.75) is 32.7 Å². The molecule has 0 radical (unpaired) electrons. The first kappa shape index (κ1) is 16.0. The van der Waals surface area contributed by atoms with Crippen LogP contribution in [0.4, 0.5) is 0 Å². The molecule has 2 rings (SSSR count). The highest BCUT2D eigenvalue weighted by Crippen LogP contribution is 2.21. The summed E-state index contributed by atoms with van der Waals surface area (Å²) in [5, 5.41) is 14.0. The van der Waals surface area contributed by atoms with Gasteiger partial charge in [0, 0.05) is 6.42 Å². The first-order valence-electron chi connectivity index (χ1n) is 7.48. The first-order chi connectivity index (χ1) is 10.5. The smallest absolute Gasteiger partial charge is 0.330 e. The highest BCUT2D eigenvalue weighted by Gasteiger charge is 2.22. The van der Waals surface area contributed by atoms with Gasteiger partial charge in [-0.05, 0) is 34.7 Å². The van der Waals surface area contributed by atoms with Crippen molar-refractivity contribution >= 4 is 22.6 Å². The van der Waals surface area contributed by atoms with Crippen LogP contribution in [0.2, 0.25) is 0 Å². The fourth-order valence-corrected chi connectivity index (χ4v) is 2.33. The third-order valence-electron chi connectivity index (χ3n) is 3.61. The van der Waals surface area contributed by atoms with E-state index < -0.39 is 12.0 Å². The molecule has 0 aliphatic carbocycles. The van der Waals surface area contributed by atoms with E-state index in [4.69, 9.17) is 0 Å². The van der Waals surface area contributed by atoms with Gasteiger partial charge in [0.25, 0.3) is 0 Å². The van der Waals surface area contributed by atoms with E-state index in [1.54, 1.807) is 6.07 Å². The third kappa shape index (κ3) is 4.07. The Kier molecular flexibility index (Phi) is 5.15. The molecule has 0 aliphatic rings. The molecular formula is C18H21NO3. The molecule has 1 atom stereocenters. The van der Waals surface area contributed by atoms with Crippen LogP contribution in [0, 0.1) is 5.92 Å². The standard InChI is InChI=1S/C18H21NO3/c1-12(2)7-10-16(20)19-17(18(21)22)15-9-8-13-5-3-4-6-14(13)11-15/h3-6,8-9,11-12,17H,7,10H2,1-2H3,(H,19,20)(H,21,22). The maximum Gasteiger partial charge on any atom is 0.330 e. The van der Waals surface area contributed by atoms with Crippen LogP contribution in [-0.2, 0) is 9.59 Å². The Balaban J connectivity index is 2.19. The molecule has 0 bridgehead atoms. The lowest BCUT2D eigenvalue weighted by Crippen LogP contribution is -2.33. The Labute approximate surface area is 130 Å². The number of fused-ring (bicyclic) bond motifs is 1. The van der Waals surface area contributed by atoms with Crippen molar-refractivity contribution in [2.24, 2.45) is 5.92 Å². The zero-order valence-electron chi connectivity index (χ0n) is 12.9. The molecule has 4 nitrogen and oxygen atoms in total. The van der Waals surface area contributed by atoms with Crippen LogP contribution in [-0.4, -0.2) is 17.0 Å². The van der Waals surface area contributed by atoms with E-state index in [1.165, 1.54) is 0 Å². The minimum atomic E-state index is -1.05. The minimum absolute atomic E-state index is 0.228. The summed E-state index contributed by atoms with van der Waals surface area (Å²) in [4.78, 5) is 23.4. The fraction of sp³-hybridized carbons (Fsp3) is 0.333. The summed E-state index contributed by atoms with van der Waals surface area (Å²) in [7, 11) is 0. The highest BCUT2D eigenvalue weighted by molar-refractivity contribution is 5.88. The molecule has 1 unspecified atom stereocenters. The molecule has 0 aliphatic heterocycles. The number of rotatable bonds is 6. The van der Waals surface area contributed by atoms with E-state index in [0.29, 0.717) is 17.9 Å². The number of hydrogen-bond acceptors (Lipinski definition) is 2. The molecule has 0 spiro atoms. The maximum atomic E-state index is 11.9. The van der Waals surface area contributed by atoms with Crippen LogP contribution in [0.15, 0.2) is 42.5 Å². The Morgan fingerprint density at radius 2 is 1.77 bits per heavy atom. The van der Waals surface area contributed by atoms with Crippen molar-refractivity contribution in [3.05, 3.63) is 48.0 Å². The van der Waals surface area contributed by atoms with Gasteiger partial charge >= 0.3 is 5.97 Å². The molecule has 2 N–H and O–H groups in total. The van der Waals surface area contributed by atoms with E-state index in [9.17, 15) is 14.7 Å². The summed E-state index contributed by atoms with van der Waals surface area (Å²) in [5.41, 5.74) is 0.587. The molecule has 2 aromatic rings. The number of amides is 1. The number of aliphatic carboxylic acids is 1. The van der Waals surface area contributed by atoms with Crippen molar-refractivity contribution in [3.8, 4) is 0 Å². The monoisotopic (exact) mass is 299 g/mol.